The molecule has 0 spiro atoms. The van der Waals surface area contributed by atoms with Crippen LogP contribution in [0.25, 0.3) is 0 Å². The van der Waals surface area contributed by atoms with Crippen LogP contribution in [0.2, 0.25) is 0 Å². The normalized spacial score (nSPS) is 46.4. The Morgan fingerprint density at radius 3 is 2.38 bits per heavy atom. The Bertz CT molecular complexity index is 140. The SMILES string of the molecule is CCC1OC(OC)C(C)C(O)C1C. The number of hydrogen-bond acceptors (Lipinski definition) is 3. The van der Waals surface area contributed by atoms with Crippen LogP contribution in [0.5, 0.6) is 0 Å². The Morgan fingerprint density at radius 2 is 1.92 bits per heavy atom. The van der Waals surface area contributed by atoms with Gasteiger partial charge in [-0.1, -0.05) is 20.8 Å². The van der Waals surface area contributed by atoms with Crippen LogP contribution in [0.3, 0.4) is 0 Å². The highest BCUT2D eigenvalue weighted by atomic mass is 16.7. The third kappa shape index (κ3) is 2.03. The van der Waals surface area contributed by atoms with E-state index in [0.29, 0.717) is 0 Å². The number of aliphatic hydroxyl groups excluding tert-OH is 1. The Kier molecular flexibility index (Phi) is 3.71. The van der Waals surface area contributed by atoms with Gasteiger partial charge in [0.05, 0.1) is 12.2 Å². The van der Waals surface area contributed by atoms with Gasteiger partial charge in [0.2, 0.25) is 0 Å². The van der Waals surface area contributed by atoms with Crippen LogP contribution in [0.15, 0.2) is 0 Å². The molecule has 0 aromatic heterocycles. The second-order valence-corrected chi connectivity index (χ2v) is 3.90. The minimum atomic E-state index is -0.316. The molecule has 0 amide bonds. The topological polar surface area (TPSA) is 38.7 Å². The summed E-state index contributed by atoms with van der Waals surface area (Å²) in [5.41, 5.74) is 0. The number of ether oxygens (including phenoxy) is 2. The summed E-state index contributed by atoms with van der Waals surface area (Å²) in [5, 5.41) is 9.89. The van der Waals surface area contributed by atoms with E-state index in [4.69, 9.17) is 9.47 Å². The van der Waals surface area contributed by atoms with Gasteiger partial charge < -0.3 is 14.6 Å². The van der Waals surface area contributed by atoms with Gasteiger partial charge in [0.1, 0.15) is 0 Å². The molecule has 0 saturated carbocycles. The van der Waals surface area contributed by atoms with Crippen molar-refractivity contribution < 1.29 is 14.6 Å². The molecule has 0 aliphatic carbocycles. The lowest BCUT2D eigenvalue weighted by Crippen LogP contribution is -2.49. The zero-order chi connectivity index (χ0) is 10.0. The minimum Gasteiger partial charge on any atom is -0.392 e. The zero-order valence-corrected chi connectivity index (χ0v) is 8.86. The molecule has 0 radical (unpaired) electrons. The number of aliphatic hydroxyl groups is 1. The van der Waals surface area contributed by atoms with Crippen molar-refractivity contribution in [1.82, 2.24) is 0 Å². The predicted molar refractivity (Wildman–Crippen MR) is 50.3 cm³/mol. The standard InChI is InChI=1S/C10H20O3/c1-5-8-6(2)9(11)7(3)10(12-4)13-8/h6-11H,5H2,1-4H3. The molecule has 1 heterocycles. The highest BCUT2D eigenvalue weighted by molar-refractivity contribution is 4.83. The summed E-state index contributed by atoms with van der Waals surface area (Å²) in [6, 6.07) is 0. The molecule has 1 aliphatic heterocycles. The third-order valence-corrected chi connectivity index (χ3v) is 3.04. The molecule has 0 aromatic rings. The van der Waals surface area contributed by atoms with E-state index in [1.807, 2.05) is 13.8 Å². The van der Waals surface area contributed by atoms with Gasteiger partial charge in [0, 0.05) is 18.9 Å². The van der Waals surface area contributed by atoms with Gasteiger partial charge in [-0.25, -0.2) is 0 Å². The van der Waals surface area contributed by atoms with E-state index in [1.165, 1.54) is 0 Å². The second-order valence-electron chi connectivity index (χ2n) is 3.90. The fraction of sp³-hybridized carbons (Fsp3) is 1.00. The van der Waals surface area contributed by atoms with Crippen molar-refractivity contribution in [3.05, 3.63) is 0 Å². The molecule has 5 unspecified atom stereocenters. The van der Waals surface area contributed by atoms with Crippen LogP contribution in [0.4, 0.5) is 0 Å². The van der Waals surface area contributed by atoms with E-state index in [9.17, 15) is 5.11 Å². The maximum absolute atomic E-state index is 9.89. The first-order valence-electron chi connectivity index (χ1n) is 4.98. The summed E-state index contributed by atoms with van der Waals surface area (Å²) in [6.07, 6.45) is 0.473. The number of rotatable bonds is 2. The number of methoxy groups -OCH3 is 1. The summed E-state index contributed by atoms with van der Waals surface area (Å²) in [4.78, 5) is 0. The van der Waals surface area contributed by atoms with Gasteiger partial charge in [-0.15, -0.1) is 0 Å². The molecule has 1 aliphatic rings. The minimum absolute atomic E-state index is 0.0581. The Balaban J connectivity index is 2.66. The molecule has 3 nitrogen and oxygen atoms in total. The molecular weight excluding hydrogens is 168 g/mol. The lowest BCUT2D eigenvalue weighted by molar-refractivity contribution is -0.252. The van der Waals surface area contributed by atoms with Crippen molar-refractivity contribution in [2.45, 2.75) is 45.7 Å². The molecule has 13 heavy (non-hydrogen) atoms. The first kappa shape index (κ1) is 11.0. The molecule has 3 heteroatoms. The molecule has 1 rings (SSSR count). The largest absolute Gasteiger partial charge is 0.392 e. The molecular formula is C10H20O3. The van der Waals surface area contributed by atoms with E-state index in [-0.39, 0.29) is 30.3 Å². The highest BCUT2D eigenvalue weighted by Crippen LogP contribution is 2.31. The first-order valence-corrected chi connectivity index (χ1v) is 4.98. The van der Waals surface area contributed by atoms with Gasteiger partial charge in [0.15, 0.2) is 6.29 Å². The smallest absolute Gasteiger partial charge is 0.162 e. The van der Waals surface area contributed by atoms with E-state index in [1.54, 1.807) is 7.11 Å². The second kappa shape index (κ2) is 4.40. The van der Waals surface area contributed by atoms with Gasteiger partial charge in [-0.2, -0.15) is 0 Å². The van der Waals surface area contributed by atoms with Crippen molar-refractivity contribution >= 4 is 0 Å². The average Bonchev–Trinajstić information content (AvgIpc) is 2.15. The molecule has 78 valence electrons. The Labute approximate surface area is 80.0 Å². The maximum Gasteiger partial charge on any atom is 0.162 e. The predicted octanol–water partition coefficient (Wildman–Crippen LogP) is 1.40. The highest BCUT2D eigenvalue weighted by Gasteiger charge is 2.39. The number of hydrogen-bond donors (Lipinski definition) is 1. The summed E-state index contributed by atoms with van der Waals surface area (Å²) < 4.78 is 10.9. The quantitative estimate of drug-likeness (QED) is 0.712. The van der Waals surface area contributed by atoms with E-state index in [0.717, 1.165) is 6.42 Å². The fourth-order valence-corrected chi connectivity index (χ4v) is 2.02. The maximum atomic E-state index is 9.89. The van der Waals surface area contributed by atoms with Crippen molar-refractivity contribution in [3.8, 4) is 0 Å². The zero-order valence-electron chi connectivity index (χ0n) is 8.86. The summed E-state index contributed by atoms with van der Waals surface area (Å²) in [6.45, 7) is 6.05. The fourth-order valence-electron chi connectivity index (χ4n) is 2.02. The third-order valence-electron chi connectivity index (χ3n) is 3.04. The lowest BCUT2D eigenvalue weighted by Gasteiger charge is -2.41. The van der Waals surface area contributed by atoms with Crippen LogP contribution in [-0.2, 0) is 9.47 Å². The van der Waals surface area contributed by atoms with E-state index < -0.39 is 0 Å². The summed E-state index contributed by atoms with van der Waals surface area (Å²) in [7, 11) is 1.62. The van der Waals surface area contributed by atoms with Crippen molar-refractivity contribution in [1.29, 1.82) is 0 Å². The first-order chi connectivity index (χ1) is 6.11. The van der Waals surface area contributed by atoms with Gasteiger partial charge in [-0.05, 0) is 6.42 Å². The van der Waals surface area contributed by atoms with E-state index >= 15 is 0 Å². The van der Waals surface area contributed by atoms with Gasteiger partial charge in [0.25, 0.3) is 0 Å². The molecule has 1 N–H and O–H groups in total. The molecule has 0 bridgehead atoms. The van der Waals surface area contributed by atoms with Crippen molar-refractivity contribution in [3.63, 3.8) is 0 Å². The monoisotopic (exact) mass is 188 g/mol. The lowest BCUT2D eigenvalue weighted by atomic mass is 9.85. The van der Waals surface area contributed by atoms with E-state index in [2.05, 4.69) is 6.92 Å². The van der Waals surface area contributed by atoms with Crippen molar-refractivity contribution in [2.75, 3.05) is 7.11 Å². The van der Waals surface area contributed by atoms with Crippen molar-refractivity contribution in [2.24, 2.45) is 11.8 Å². The molecule has 1 fully saturated rings. The molecule has 1 saturated heterocycles. The van der Waals surface area contributed by atoms with Gasteiger partial charge in [-0.3, -0.25) is 0 Å². The van der Waals surface area contributed by atoms with Crippen LogP contribution in [-0.4, -0.2) is 30.7 Å². The molecule has 5 atom stereocenters. The van der Waals surface area contributed by atoms with Crippen LogP contribution in [0.1, 0.15) is 27.2 Å². The van der Waals surface area contributed by atoms with Crippen LogP contribution >= 0.6 is 0 Å². The van der Waals surface area contributed by atoms with Crippen LogP contribution in [0, 0.1) is 11.8 Å². The average molecular weight is 188 g/mol. The Hall–Kier alpha value is -0.120. The molecule has 0 aromatic carbocycles. The summed E-state index contributed by atoms with van der Waals surface area (Å²) in [5.74, 6) is 0.259. The Morgan fingerprint density at radius 1 is 1.31 bits per heavy atom. The van der Waals surface area contributed by atoms with Crippen LogP contribution < -0.4 is 0 Å². The summed E-state index contributed by atoms with van der Waals surface area (Å²) >= 11 is 0. The van der Waals surface area contributed by atoms with Gasteiger partial charge >= 0.3 is 0 Å².